The van der Waals surface area contributed by atoms with Gasteiger partial charge in [0.2, 0.25) is 5.91 Å². The summed E-state index contributed by atoms with van der Waals surface area (Å²) in [5.74, 6) is 1.15. The molecule has 1 amide bonds. The Morgan fingerprint density at radius 2 is 1.89 bits per heavy atom. The molecule has 1 saturated heterocycles. The van der Waals surface area contributed by atoms with Crippen molar-refractivity contribution in [1.29, 1.82) is 0 Å². The average Bonchev–Trinajstić information content (AvgIpc) is 3.05. The summed E-state index contributed by atoms with van der Waals surface area (Å²) in [7, 11) is 0. The lowest BCUT2D eigenvalue weighted by molar-refractivity contribution is -0.132. The minimum atomic E-state index is 0.295. The van der Waals surface area contributed by atoms with Crippen molar-refractivity contribution in [3.8, 4) is 0 Å². The summed E-state index contributed by atoms with van der Waals surface area (Å²) in [4.78, 5) is 16.6. The van der Waals surface area contributed by atoms with Crippen LogP contribution in [0.3, 0.4) is 0 Å². The van der Waals surface area contributed by atoms with Crippen molar-refractivity contribution in [3.05, 3.63) is 0 Å². The number of hydrogen-bond donors (Lipinski definition) is 1. The maximum absolute atomic E-state index is 12.3. The van der Waals surface area contributed by atoms with Crippen molar-refractivity contribution in [3.63, 3.8) is 0 Å². The number of hydrogen-bond acceptors (Lipinski definition) is 3. The van der Waals surface area contributed by atoms with Gasteiger partial charge in [-0.3, -0.25) is 9.69 Å². The van der Waals surface area contributed by atoms with Gasteiger partial charge in [0.25, 0.3) is 0 Å². The normalized spacial score (nSPS) is 23.0. The van der Waals surface area contributed by atoms with Gasteiger partial charge in [0.1, 0.15) is 0 Å². The standard InChI is InChI=1S/C15H29N3O/c1-3-18(4-2)15(19)12-17(10-13-7-8-13)11-14-6-5-9-16-14/h13-14,16H,3-12H2,1-2H3. The van der Waals surface area contributed by atoms with Gasteiger partial charge < -0.3 is 10.2 Å². The van der Waals surface area contributed by atoms with Crippen molar-refractivity contribution >= 4 is 5.91 Å². The van der Waals surface area contributed by atoms with Gasteiger partial charge in [0.15, 0.2) is 0 Å². The molecule has 1 aliphatic heterocycles. The molecule has 1 aliphatic carbocycles. The fraction of sp³-hybridized carbons (Fsp3) is 0.933. The summed E-state index contributed by atoms with van der Waals surface area (Å²) in [5.41, 5.74) is 0. The fourth-order valence-corrected chi connectivity index (χ4v) is 2.96. The van der Waals surface area contributed by atoms with E-state index in [4.69, 9.17) is 0 Å². The van der Waals surface area contributed by atoms with E-state index in [1.165, 1.54) is 25.7 Å². The first kappa shape index (κ1) is 14.8. The maximum Gasteiger partial charge on any atom is 0.236 e. The molecular weight excluding hydrogens is 238 g/mol. The number of likely N-dealkylation sites (N-methyl/N-ethyl adjacent to an activating group) is 1. The smallest absolute Gasteiger partial charge is 0.236 e. The van der Waals surface area contributed by atoms with E-state index in [1.807, 2.05) is 4.90 Å². The third-order valence-corrected chi connectivity index (χ3v) is 4.33. The molecular formula is C15H29N3O. The van der Waals surface area contributed by atoms with Gasteiger partial charge in [0.05, 0.1) is 6.54 Å². The Labute approximate surface area is 117 Å². The zero-order chi connectivity index (χ0) is 13.7. The molecule has 1 saturated carbocycles. The molecule has 19 heavy (non-hydrogen) atoms. The Morgan fingerprint density at radius 3 is 2.42 bits per heavy atom. The lowest BCUT2D eigenvalue weighted by Crippen LogP contribution is -2.45. The van der Waals surface area contributed by atoms with Crippen molar-refractivity contribution in [2.45, 2.75) is 45.6 Å². The second-order valence-electron chi connectivity index (χ2n) is 6.00. The molecule has 0 bridgehead atoms. The SMILES string of the molecule is CCN(CC)C(=O)CN(CC1CC1)CC1CCCN1. The van der Waals surface area contributed by atoms with E-state index >= 15 is 0 Å². The highest BCUT2D eigenvalue weighted by Gasteiger charge is 2.28. The maximum atomic E-state index is 12.3. The van der Waals surface area contributed by atoms with Crippen LogP contribution < -0.4 is 5.32 Å². The van der Waals surface area contributed by atoms with E-state index in [-0.39, 0.29) is 0 Å². The Bertz CT molecular complexity index is 281. The van der Waals surface area contributed by atoms with Crippen LogP contribution in [0.5, 0.6) is 0 Å². The quantitative estimate of drug-likeness (QED) is 0.720. The summed E-state index contributed by atoms with van der Waals surface area (Å²) in [6.07, 6.45) is 5.26. The number of carbonyl (C=O) groups is 1. The number of amides is 1. The highest BCUT2D eigenvalue weighted by molar-refractivity contribution is 5.78. The first-order valence-electron chi connectivity index (χ1n) is 7.96. The number of nitrogens with one attached hydrogen (secondary N) is 1. The number of rotatable bonds is 8. The molecule has 110 valence electrons. The first-order valence-corrected chi connectivity index (χ1v) is 7.96. The molecule has 2 aliphatic rings. The lowest BCUT2D eigenvalue weighted by atomic mass is 10.2. The summed E-state index contributed by atoms with van der Waals surface area (Å²) < 4.78 is 0. The van der Waals surface area contributed by atoms with Crippen LogP contribution in [-0.4, -0.2) is 61.0 Å². The van der Waals surface area contributed by atoms with Gasteiger partial charge in [-0.15, -0.1) is 0 Å². The third kappa shape index (κ3) is 4.77. The monoisotopic (exact) mass is 267 g/mol. The molecule has 0 aromatic rings. The molecule has 4 heteroatoms. The minimum Gasteiger partial charge on any atom is -0.342 e. The van der Waals surface area contributed by atoms with Crippen LogP contribution in [0.1, 0.15) is 39.5 Å². The van der Waals surface area contributed by atoms with Crippen LogP contribution >= 0.6 is 0 Å². The molecule has 1 unspecified atom stereocenters. The predicted octanol–water partition coefficient (Wildman–Crippen LogP) is 1.32. The third-order valence-electron chi connectivity index (χ3n) is 4.33. The van der Waals surface area contributed by atoms with Crippen molar-refractivity contribution in [1.82, 2.24) is 15.1 Å². The lowest BCUT2D eigenvalue weighted by Gasteiger charge is -2.28. The van der Waals surface area contributed by atoms with E-state index in [0.717, 1.165) is 38.6 Å². The second kappa shape index (κ2) is 7.25. The molecule has 4 nitrogen and oxygen atoms in total. The Hall–Kier alpha value is -0.610. The van der Waals surface area contributed by atoms with Gasteiger partial charge in [-0.1, -0.05) is 0 Å². The molecule has 0 spiro atoms. The van der Waals surface area contributed by atoms with Crippen molar-refractivity contribution < 1.29 is 4.79 Å². The van der Waals surface area contributed by atoms with Crippen molar-refractivity contribution in [2.75, 3.05) is 39.3 Å². The first-order chi connectivity index (χ1) is 9.22. The molecule has 0 radical (unpaired) electrons. The minimum absolute atomic E-state index is 0.295. The van der Waals surface area contributed by atoms with E-state index in [0.29, 0.717) is 18.5 Å². The Morgan fingerprint density at radius 1 is 1.16 bits per heavy atom. The van der Waals surface area contributed by atoms with Gasteiger partial charge in [-0.05, 0) is 52.0 Å². The van der Waals surface area contributed by atoms with Gasteiger partial charge in [-0.2, -0.15) is 0 Å². The largest absolute Gasteiger partial charge is 0.342 e. The fourth-order valence-electron chi connectivity index (χ4n) is 2.96. The summed E-state index contributed by atoms with van der Waals surface area (Å²) >= 11 is 0. The number of carbonyl (C=O) groups excluding carboxylic acids is 1. The zero-order valence-corrected chi connectivity index (χ0v) is 12.5. The highest BCUT2D eigenvalue weighted by atomic mass is 16.2. The van der Waals surface area contributed by atoms with Crippen LogP contribution in [0.15, 0.2) is 0 Å². The molecule has 1 atom stereocenters. The highest BCUT2D eigenvalue weighted by Crippen LogP contribution is 2.29. The zero-order valence-electron chi connectivity index (χ0n) is 12.5. The summed E-state index contributed by atoms with van der Waals surface area (Å²) in [6.45, 7) is 9.69. The molecule has 2 fully saturated rings. The van der Waals surface area contributed by atoms with Gasteiger partial charge in [-0.25, -0.2) is 0 Å². The summed E-state index contributed by atoms with van der Waals surface area (Å²) in [6, 6.07) is 0.600. The van der Waals surface area contributed by atoms with Gasteiger partial charge in [0, 0.05) is 32.2 Å². The van der Waals surface area contributed by atoms with Crippen molar-refractivity contribution in [2.24, 2.45) is 5.92 Å². The van der Waals surface area contributed by atoms with Crippen LogP contribution in [0.25, 0.3) is 0 Å². The van der Waals surface area contributed by atoms with E-state index in [9.17, 15) is 4.79 Å². The van der Waals surface area contributed by atoms with Crippen LogP contribution in [0.2, 0.25) is 0 Å². The molecule has 1 heterocycles. The van der Waals surface area contributed by atoms with Crippen LogP contribution in [0, 0.1) is 5.92 Å². The number of nitrogens with zero attached hydrogens (tertiary/aromatic N) is 2. The molecule has 0 aromatic heterocycles. The van der Waals surface area contributed by atoms with E-state index < -0.39 is 0 Å². The van der Waals surface area contributed by atoms with E-state index in [2.05, 4.69) is 24.1 Å². The molecule has 2 rings (SSSR count). The Balaban J connectivity index is 1.82. The van der Waals surface area contributed by atoms with E-state index in [1.54, 1.807) is 0 Å². The molecule has 0 aromatic carbocycles. The summed E-state index contributed by atoms with van der Waals surface area (Å²) in [5, 5.41) is 3.54. The Kier molecular flexibility index (Phi) is 5.64. The van der Waals surface area contributed by atoms with Crippen LogP contribution in [0.4, 0.5) is 0 Å². The topological polar surface area (TPSA) is 35.6 Å². The predicted molar refractivity (Wildman–Crippen MR) is 78.1 cm³/mol. The molecule has 1 N–H and O–H groups in total. The average molecular weight is 267 g/mol. The van der Waals surface area contributed by atoms with Crippen LogP contribution in [-0.2, 0) is 4.79 Å². The second-order valence-corrected chi connectivity index (χ2v) is 6.00. The van der Waals surface area contributed by atoms with Gasteiger partial charge >= 0.3 is 0 Å².